The zero-order chi connectivity index (χ0) is 13.7. The van der Waals surface area contributed by atoms with Crippen LogP contribution in [0.4, 0.5) is 0 Å². The molecule has 2 rings (SSSR count). The number of halogens is 1. The van der Waals surface area contributed by atoms with Crippen molar-refractivity contribution in [2.45, 2.75) is 26.5 Å². The molecule has 0 amide bonds. The lowest BCUT2D eigenvalue weighted by Gasteiger charge is -2.09. The number of hydrogen-bond donors (Lipinski definition) is 1. The quantitative estimate of drug-likeness (QED) is 0.902. The topological polar surface area (TPSA) is 35.2 Å². The first-order chi connectivity index (χ1) is 9.22. The van der Waals surface area contributed by atoms with Gasteiger partial charge in [0.05, 0.1) is 4.47 Å². The smallest absolute Gasteiger partial charge is 0.134 e. The highest BCUT2D eigenvalue weighted by Crippen LogP contribution is 2.27. The number of rotatable bonds is 5. The zero-order valence-corrected chi connectivity index (χ0v) is 12.6. The highest BCUT2D eigenvalue weighted by Gasteiger charge is 2.02. The monoisotopic (exact) mass is 319 g/mol. The Hall–Kier alpha value is -1.32. The van der Waals surface area contributed by atoms with Crippen LogP contribution in [-0.4, -0.2) is 0 Å². The van der Waals surface area contributed by atoms with Gasteiger partial charge in [-0.25, -0.2) is 0 Å². The second kappa shape index (κ2) is 6.73. The van der Waals surface area contributed by atoms with Crippen LogP contribution in [0.3, 0.4) is 0 Å². The first-order valence-electron chi connectivity index (χ1n) is 6.42. The lowest BCUT2D eigenvalue weighted by molar-refractivity contribution is 0.304. The van der Waals surface area contributed by atoms with Crippen LogP contribution in [0.1, 0.15) is 23.6 Å². The van der Waals surface area contributed by atoms with Crippen molar-refractivity contribution in [3.05, 3.63) is 63.6 Å². The van der Waals surface area contributed by atoms with Gasteiger partial charge in [0, 0.05) is 6.54 Å². The highest BCUT2D eigenvalue weighted by atomic mass is 79.9. The van der Waals surface area contributed by atoms with Crippen LogP contribution in [0.15, 0.2) is 46.9 Å². The first-order valence-corrected chi connectivity index (χ1v) is 7.21. The summed E-state index contributed by atoms with van der Waals surface area (Å²) in [4.78, 5) is 0. The molecule has 0 fully saturated rings. The predicted octanol–water partition coefficient (Wildman–Crippen LogP) is 4.05. The summed E-state index contributed by atoms with van der Waals surface area (Å²) in [5.74, 6) is 0.875. The average molecular weight is 320 g/mol. The Labute approximate surface area is 122 Å². The average Bonchev–Trinajstić information content (AvgIpc) is 2.46. The Kier molecular flexibility index (Phi) is 5.00. The van der Waals surface area contributed by atoms with Gasteiger partial charge in [-0.1, -0.05) is 37.3 Å². The van der Waals surface area contributed by atoms with Crippen molar-refractivity contribution in [1.29, 1.82) is 0 Å². The summed E-state index contributed by atoms with van der Waals surface area (Å²) in [5.41, 5.74) is 9.15. The molecule has 0 aliphatic heterocycles. The molecule has 2 aromatic carbocycles. The molecule has 100 valence electrons. The van der Waals surface area contributed by atoms with Crippen LogP contribution in [-0.2, 0) is 19.6 Å². The van der Waals surface area contributed by atoms with E-state index in [-0.39, 0.29) is 0 Å². The second-order valence-electron chi connectivity index (χ2n) is 4.43. The molecule has 0 bridgehead atoms. The van der Waals surface area contributed by atoms with Gasteiger partial charge in [0.15, 0.2) is 0 Å². The van der Waals surface area contributed by atoms with E-state index < -0.39 is 0 Å². The van der Waals surface area contributed by atoms with E-state index in [2.05, 4.69) is 47.1 Å². The van der Waals surface area contributed by atoms with Gasteiger partial charge in [-0.15, -0.1) is 0 Å². The Morgan fingerprint density at radius 3 is 2.21 bits per heavy atom. The lowest BCUT2D eigenvalue weighted by atomic mass is 10.1. The summed E-state index contributed by atoms with van der Waals surface area (Å²) in [6.07, 6.45) is 1.03. The molecule has 0 spiro atoms. The number of hydrogen-bond acceptors (Lipinski definition) is 2. The molecule has 0 aliphatic rings. The maximum atomic E-state index is 5.82. The van der Waals surface area contributed by atoms with Crippen molar-refractivity contribution in [1.82, 2.24) is 0 Å². The van der Waals surface area contributed by atoms with Gasteiger partial charge < -0.3 is 10.5 Å². The van der Waals surface area contributed by atoms with Gasteiger partial charge >= 0.3 is 0 Å². The van der Waals surface area contributed by atoms with Crippen molar-refractivity contribution in [2.75, 3.05) is 0 Å². The minimum Gasteiger partial charge on any atom is -0.488 e. The molecular weight excluding hydrogens is 302 g/mol. The molecule has 0 unspecified atom stereocenters. The van der Waals surface area contributed by atoms with E-state index in [4.69, 9.17) is 10.5 Å². The lowest BCUT2D eigenvalue weighted by Crippen LogP contribution is -1.99. The molecule has 0 aliphatic carbocycles. The molecule has 3 heteroatoms. The fourth-order valence-electron chi connectivity index (χ4n) is 1.81. The molecule has 0 radical (unpaired) electrons. The van der Waals surface area contributed by atoms with Crippen molar-refractivity contribution < 1.29 is 4.74 Å². The first kappa shape index (κ1) is 14.1. The molecule has 2 aromatic rings. The van der Waals surface area contributed by atoms with Gasteiger partial charge in [0.25, 0.3) is 0 Å². The number of aryl methyl sites for hydroxylation is 1. The molecule has 0 heterocycles. The third-order valence-electron chi connectivity index (χ3n) is 3.06. The number of ether oxygens (including phenoxy) is 1. The third kappa shape index (κ3) is 3.82. The van der Waals surface area contributed by atoms with Gasteiger partial charge in [0.2, 0.25) is 0 Å². The van der Waals surface area contributed by atoms with E-state index in [0.717, 1.165) is 27.8 Å². The molecule has 2 nitrogen and oxygen atoms in total. The van der Waals surface area contributed by atoms with Crippen LogP contribution in [0.2, 0.25) is 0 Å². The van der Waals surface area contributed by atoms with Crippen molar-refractivity contribution in [3.8, 4) is 5.75 Å². The Bertz CT molecular complexity index is 537. The minimum absolute atomic E-state index is 0.564. The molecule has 19 heavy (non-hydrogen) atoms. The molecule has 0 saturated heterocycles. The maximum absolute atomic E-state index is 5.82. The molecule has 0 aromatic heterocycles. The van der Waals surface area contributed by atoms with E-state index in [1.165, 1.54) is 5.56 Å². The van der Waals surface area contributed by atoms with Gasteiger partial charge in [0.1, 0.15) is 12.4 Å². The van der Waals surface area contributed by atoms with Crippen LogP contribution >= 0.6 is 15.9 Å². The van der Waals surface area contributed by atoms with Crippen LogP contribution < -0.4 is 10.5 Å². The van der Waals surface area contributed by atoms with E-state index in [9.17, 15) is 0 Å². The normalized spacial score (nSPS) is 10.5. The van der Waals surface area contributed by atoms with Gasteiger partial charge in [-0.2, -0.15) is 0 Å². The molecule has 0 atom stereocenters. The Morgan fingerprint density at radius 1 is 1.00 bits per heavy atom. The van der Waals surface area contributed by atoms with Gasteiger partial charge in [-0.05, 0) is 51.2 Å². The highest BCUT2D eigenvalue weighted by molar-refractivity contribution is 9.10. The number of nitrogens with two attached hydrogens (primary N) is 1. The Balaban J connectivity index is 2.01. The summed E-state index contributed by atoms with van der Waals surface area (Å²) in [6, 6.07) is 14.4. The standard InChI is InChI=1S/C16H18BrNO/c1-2-12-7-8-16(15(17)9-12)19-11-14-5-3-13(10-18)4-6-14/h3-9H,2,10-11,18H2,1H3. The minimum atomic E-state index is 0.564. The zero-order valence-electron chi connectivity index (χ0n) is 11.0. The molecule has 2 N–H and O–H groups in total. The van der Waals surface area contributed by atoms with Crippen molar-refractivity contribution >= 4 is 15.9 Å². The summed E-state index contributed by atoms with van der Waals surface area (Å²) in [6.45, 7) is 3.28. The predicted molar refractivity (Wildman–Crippen MR) is 82.2 cm³/mol. The Morgan fingerprint density at radius 2 is 1.63 bits per heavy atom. The van der Waals surface area contributed by atoms with E-state index >= 15 is 0 Å². The van der Waals surface area contributed by atoms with E-state index in [1.54, 1.807) is 0 Å². The van der Waals surface area contributed by atoms with Crippen molar-refractivity contribution in [2.24, 2.45) is 5.73 Å². The summed E-state index contributed by atoms with van der Waals surface area (Å²) in [5, 5.41) is 0. The van der Waals surface area contributed by atoms with E-state index in [1.807, 2.05) is 18.2 Å². The maximum Gasteiger partial charge on any atom is 0.134 e. The number of benzene rings is 2. The summed E-state index contributed by atoms with van der Waals surface area (Å²) in [7, 11) is 0. The van der Waals surface area contributed by atoms with Crippen LogP contribution in [0.25, 0.3) is 0 Å². The fourth-order valence-corrected chi connectivity index (χ4v) is 2.35. The van der Waals surface area contributed by atoms with Crippen LogP contribution in [0.5, 0.6) is 5.75 Å². The molecular formula is C16H18BrNO. The molecule has 0 saturated carbocycles. The SMILES string of the molecule is CCc1ccc(OCc2ccc(CN)cc2)c(Br)c1. The van der Waals surface area contributed by atoms with E-state index in [0.29, 0.717) is 13.2 Å². The fraction of sp³-hybridized carbons (Fsp3) is 0.250. The van der Waals surface area contributed by atoms with Crippen LogP contribution in [0, 0.1) is 0 Å². The largest absolute Gasteiger partial charge is 0.488 e. The van der Waals surface area contributed by atoms with Crippen molar-refractivity contribution in [3.63, 3.8) is 0 Å². The van der Waals surface area contributed by atoms with Gasteiger partial charge in [-0.3, -0.25) is 0 Å². The third-order valence-corrected chi connectivity index (χ3v) is 3.68. The summed E-state index contributed by atoms with van der Waals surface area (Å²) < 4.78 is 6.82. The second-order valence-corrected chi connectivity index (χ2v) is 5.28. The summed E-state index contributed by atoms with van der Waals surface area (Å²) >= 11 is 3.54.